The third-order valence-electron chi connectivity index (χ3n) is 5.09. The molecule has 29 heavy (non-hydrogen) atoms. The van der Waals surface area contributed by atoms with E-state index in [4.69, 9.17) is 14.5 Å². The van der Waals surface area contributed by atoms with Gasteiger partial charge in [0.05, 0.1) is 25.5 Å². The van der Waals surface area contributed by atoms with E-state index in [1.54, 1.807) is 13.8 Å². The molecule has 11 nitrogen and oxygen atoms in total. The van der Waals surface area contributed by atoms with E-state index in [1.165, 1.54) is 11.1 Å². The van der Waals surface area contributed by atoms with Crippen LogP contribution in [-0.4, -0.2) is 81.9 Å². The van der Waals surface area contributed by atoms with Crippen molar-refractivity contribution in [2.75, 3.05) is 55.8 Å². The molecule has 11 heteroatoms. The van der Waals surface area contributed by atoms with Gasteiger partial charge < -0.3 is 19.3 Å². The van der Waals surface area contributed by atoms with Crippen LogP contribution in [0.4, 0.5) is 11.9 Å². The fourth-order valence-corrected chi connectivity index (χ4v) is 3.49. The number of nitrogens with zero attached hydrogens (tertiary/aromatic N) is 8. The number of ether oxygens (including phenoxy) is 2. The molecule has 0 radical (unpaired) electrons. The second-order valence-electron chi connectivity index (χ2n) is 7.04. The Morgan fingerprint density at radius 2 is 1.59 bits per heavy atom. The highest BCUT2D eigenvalue weighted by atomic mass is 16.5. The summed E-state index contributed by atoms with van der Waals surface area (Å²) in [4.78, 5) is 30.4. The minimum absolute atomic E-state index is 0.166. The van der Waals surface area contributed by atoms with Gasteiger partial charge in [0.2, 0.25) is 11.9 Å². The Labute approximate surface area is 169 Å². The van der Waals surface area contributed by atoms with Gasteiger partial charge in [-0.15, -0.1) is 5.10 Å². The van der Waals surface area contributed by atoms with Gasteiger partial charge in [-0.1, -0.05) is 5.21 Å². The van der Waals surface area contributed by atoms with Gasteiger partial charge in [0.25, 0.3) is 5.95 Å². The number of rotatable bonds is 5. The Hall–Kier alpha value is -2.82. The summed E-state index contributed by atoms with van der Waals surface area (Å²) in [6, 6.07) is 0. The summed E-state index contributed by atoms with van der Waals surface area (Å²) in [6.07, 6.45) is 3.45. The van der Waals surface area contributed by atoms with Crippen LogP contribution in [0.25, 0.3) is 5.95 Å². The van der Waals surface area contributed by atoms with E-state index in [0.29, 0.717) is 49.8 Å². The molecule has 0 unspecified atom stereocenters. The normalized spacial score (nSPS) is 17.4. The van der Waals surface area contributed by atoms with Crippen molar-refractivity contribution in [3.63, 3.8) is 0 Å². The Kier molecular flexibility index (Phi) is 5.84. The standard InChI is InChI=1S/C18H26N8O3/c1-3-29-15(27)14-13(2)26(23-22-14)18-20-16(24-7-5-4-6-8-24)19-17(21-18)25-9-11-28-12-10-25/h3-12H2,1-2H3. The molecule has 0 spiro atoms. The predicted molar refractivity (Wildman–Crippen MR) is 105 cm³/mol. The van der Waals surface area contributed by atoms with Crippen molar-refractivity contribution in [3.8, 4) is 5.95 Å². The fourth-order valence-electron chi connectivity index (χ4n) is 3.49. The topological polar surface area (TPSA) is 111 Å². The van der Waals surface area contributed by atoms with E-state index in [-0.39, 0.29) is 12.3 Å². The lowest BCUT2D eigenvalue weighted by Crippen LogP contribution is -2.38. The molecular formula is C18H26N8O3. The molecule has 2 aromatic rings. The average Bonchev–Trinajstić information content (AvgIpc) is 3.16. The summed E-state index contributed by atoms with van der Waals surface area (Å²) in [5.41, 5.74) is 0.701. The summed E-state index contributed by atoms with van der Waals surface area (Å²) in [7, 11) is 0. The molecule has 0 bridgehead atoms. The molecule has 156 valence electrons. The Morgan fingerprint density at radius 1 is 0.966 bits per heavy atom. The molecule has 2 saturated heterocycles. The van der Waals surface area contributed by atoms with Crippen LogP contribution in [0, 0.1) is 6.92 Å². The predicted octanol–water partition coefficient (Wildman–Crippen LogP) is 0.764. The Balaban J connectivity index is 1.72. The fraction of sp³-hybridized carbons (Fsp3) is 0.667. The summed E-state index contributed by atoms with van der Waals surface area (Å²) in [5.74, 6) is 1.06. The number of carbonyl (C=O) groups excluding carboxylic acids is 1. The highest BCUT2D eigenvalue weighted by Gasteiger charge is 2.24. The number of esters is 1. The molecule has 0 saturated carbocycles. The molecule has 4 heterocycles. The number of hydrogen-bond donors (Lipinski definition) is 0. The molecule has 4 rings (SSSR count). The lowest BCUT2D eigenvalue weighted by Gasteiger charge is -2.30. The van der Waals surface area contributed by atoms with Gasteiger partial charge in [0.15, 0.2) is 5.69 Å². The maximum Gasteiger partial charge on any atom is 0.360 e. The zero-order valence-corrected chi connectivity index (χ0v) is 16.9. The van der Waals surface area contributed by atoms with E-state index < -0.39 is 5.97 Å². The van der Waals surface area contributed by atoms with Crippen molar-refractivity contribution in [3.05, 3.63) is 11.4 Å². The van der Waals surface area contributed by atoms with Crippen molar-refractivity contribution in [1.29, 1.82) is 0 Å². The van der Waals surface area contributed by atoms with Crippen molar-refractivity contribution in [2.45, 2.75) is 33.1 Å². The first-order valence-electron chi connectivity index (χ1n) is 10.1. The van der Waals surface area contributed by atoms with Gasteiger partial charge >= 0.3 is 5.97 Å². The van der Waals surface area contributed by atoms with Crippen LogP contribution in [0.15, 0.2) is 0 Å². The SMILES string of the molecule is CCOC(=O)c1nnn(-c2nc(N3CCCCC3)nc(N3CCOCC3)n2)c1C. The minimum Gasteiger partial charge on any atom is -0.461 e. The number of hydrogen-bond acceptors (Lipinski definition) is 10. The maximum absolute atomic E-state index is 12.1. The molecule has 0 aliphatic carbocycles. The van der Waals surface area contributed by atoms with Crippen molar-refractivity contribution < 1.29 is 14.3 Å². The van der Waals surface area contributed by atoms with Crippen LogP contribution in [-0.2, 0) is 9.47 Å². The molecule has 0 N–H and O–H groups in total. The quantitative estimate of drug-likeness (QED) is 0.665. The van der Waals surface area contributed by atoms with Crippen LogP contribution >= 0.6 is 0 Å². The van der Waals surface area contributed by atoms with Crippen LogP contribution < -0.4 is 9.80 Å². The number of anilines is 2. The summed E-state index contributed by atoms with van der Waals surface area (Å²) in [6.45, 7) is 8.31. The van der Waals surface area contributed by atoms with Gasteiger partial charge in [-0.2, -0.15) is 19.6 Å². The summed E-state index contributed by atoms with van der Waals surface area (Å²) >= 11 is 0. The number of carbonyl (C=O) groups is 1. The lowest BCUT2D eigenvalue weighted by atomic mass is 10.1. The molecular weight excluding hydrogens is 376 g/mol. The van der Waals surface area contributed by atoms with Crippen LogP contribution in [0.2, 0.25) is 0 Å². The van der Waals surface area contributed by atoms with E-state index >= 15 is 0 Å². The molecule has 2 aromatic heterocycles. The Morgan fingerprint density at radius 3 is 2.24 bits per heavy atom. The average molecular weight is 402 g/mol. The van der Waals surface area contributed by atoms with E-state index in [2.05, 4.69) is 30.1 Å². The van der Waals surface area contributed by atoms with Crippen molar-refractivity contribution >= 4 is 17.9 Å². The van der Waals surface area contributed by atoms with Crippen LogP contribution in [0.3, 0.4) is 0 Å². The molecule has 2 fully saturated rings. The van der Waals surface area contributed by atoms with Gasteiger partial charge in [-0.25, -0.2) is 4.79 Å². The third kappa shape index (κ3) is 4.14. The van der Waals surface area contributed by atoms with E-state index in [1.807, 2.05) is 0 Å². The highest BCUT2D eigenvalue weighted by Crippen LogP contribution is 2.21. The molecule has 2 aliphatic rings. The molecule has 0 atom stereocenters. The maximum atomic E-state index is 12.1. The largest absolute Gasteiger partial charge is 0.461 e. The summed E-state index contributed by atoms with van der Waals surface area (Å²) < 4.78 is 12.0. The van der Waals surface area contributed by atoms with Gasteiger partial charge in [-0.05, 0) is 33.1 Å². The molecule has 0 amide bonds. The zero-order valence-electron chi connectivity index (χ0n) is 16.9. The number of aromatic nitrogens is 6. The van der Waals surface area contributed by atoms with Crippen molar-refractivity contribution in [2.24, 2.45) is 0 Å². The highest BCUT2D eigenvalue weighted by molar-refractivity contribution is 5.88. The first-order valence-corrected chi connectivity index (χ1v) is 10.1. The molecule has 0 aromatic carbocycles. The first kappa shape index (κ1) is 19.5. The third-order valence-corrected chi connectivity index (χ3v) is 5.09. The second-order valence-corrected chi connectivity index (χ2v) is 7.04. The number of piperidine rings is 1. The second kappa shape index (κ2) is 8.68. The zero-order chi connectivity index (χ0) is 20.2. The van der Waals surface area contributed by atoms with Crippen molar-refractivity contribution in [1.82, 2.24) is 29.9 Å². The first-order chi connectivity index (χ1) is 14.2. The number of morpholine rings is 1. The van der Waals surface area contributed by atoms with E-state index in [0.717, 1.165) is 25.9 Å². The van der Waals surface area contributed by atoms with Gasteiger partial charge in [0, 0.05) is 26.2 Å². The van der Waals surface area contributed by atoms with Gasteiger partial charge in [-0.3, -0.25) is 0 Å². The minimum atomic E-state index is -0.505. The van der Waals surface area contributed by atoms with Crippen LogP contribution in [0.5, 0.6) is 0 Å². The smallest absolute Gasteiger partial charge is 0.360 e. The lowest BCUT2D eigenvalue weighted by molar-refractivity contribution is 0.0518. The summed E-state index contributed by atoms with van der Waals surface area (Å²) in [5, 5.41) is 8.10. The van der Waals surface area contributed by atoms with E-state index in [9.17, 15) is 4.79 Å². The van der Waals surface area contributed by atoms with Gasteiger partial charge in [0.1, 0.15) is 0 Å². The van der Waals surface area contributed by atoms with Crippen LogP contribution in [0.1, 0.15) is 42.4 Å². The molecule has 2 aliphatic heterocycles. The Bertz CT molecular complexity index is 823. The monoisotopic (exact) mass is 402 g/mol.